The van der Waals surface area contributed by atoms with E-state index in [-0.39, 0.29) is 54.1 Å². The smallest absolute Gasteiger partial charge is 0.410 e. The Bertz CT molecular complexity index is 1640. The Labute approximate surface area is 283 Å². The molecule has 2 unspecified atom stereocenters. The zero-order chi connectivity index (χ0) is 34.2. The van der Waals surface area contributed by atoms with Crippen molar-refractivity contribution in [2.45, 2.75) is 82.7 Å². The minimum absolute atomic E-state index is 0.0192. The second-order valence-electron chi connectivity index (χ2n) is 13.3. The number of halogens is 3. The summed E-state index contributed by atoms with van der Waals surface area (Å²) in [6.07, 6.45) is 0.344. The third-order valence-corrected chi connectivity index (χ3v) is 9.29. The number of likely N-dealkylation sites (tertiary alicyclic amines) is 1. The molecule has 0 saturated carbocycles. The van der Waals surface area contributed by atoms with E-state index in [4.69, 9.17) is 35.3 Å². The molecule has 2 saturated heterocycles. The summed E-state index contributed by atoms with van der Waals surface area (Å²) >= 11 is 6.62. The lowest BCUT2D eigenvalue weighted by Crippen LogP contribution is -2.63. The first kappa shape index (κ1) is 34.4. The van der Waals surface area contributed by atoms with Crippen molar-refractivity contribution in [3.63, 3.8) is 0 Å². The van der Waals surface area contributed by atoms with Crippen LogP contribution in [0.2, 0.25) is 5.02 Å². The minimum atomic E-state index is -2.12. The van der Waals surface area contributed by atoms with Crippen molar-refractivity contribution in [3.05, 3.63) is 81.9 Å². The molecule has 258 valence electrons. The van der Waals surface area contributed by atoms with Gasteiger partial charge in [-0.3, -0.25) is 0 Å². The fourth-order valence-corrected chi connectivity index (χ4v) is 6.92. The molecule has 48 heavy (non-hydrogen) atoms. The van der Waals surface area contributed by atoms with Gasteiger partial charge in [0, 0.05) is 47.9 Å². The largest absolute Gasteiger partial charge is 0.488 e. The van der Waals surface area contributed by atoms with Gasteiger partial charge in [-0.05, 0) is 64.2 Å². The molecule has 3 heterocycles. The van der Waals surface area contributed by atoms with E-state index in [2.05, 4.69) is 0 Å². The Balaban J connectivity index is 1.39. The fourth-order valence-electron chi connectivity index (χ4n) is 6.66. The van der Waals surface area contributed by atoms with Crippen LogP contribution in [-0.2, 0) is 26.2 Å². The predicted octanol–water partition coefficient (Wildman–Crippen LogP) is 7.03. The van der Waals surface area contributed by atoms with Gasteiger partial charge in [0.2, 0.25) is 0 Å². The van der Waals surface area contributed by atoms with Crippen LogP contribution in [0.4, 0.5) is 13.6 Å². The molecule has 2 N–H and O–H groups in total. The van der Waals surface area contributed by atoms with Crippen LogP contribution < -0.4 is 9.47 Å². The summed E-state index contributed by atoms with van der Waals surface area (Å²) < 4.78 is 61.5. The number of rotatable bonds is 9. The van der Waals surface area contributed by atoms with Gasteiger partial charge in [-0.25, -0.2) is 13.6 Å². The highest BCUT2D eigenvalue weighted by molar-refractivity contribution is 6.34. The Morgan fingerprint density at radius 2 is 1.85 bits per heavy atom. The number of fused-ring (bicyclic) bond motifs is 1. The lowest BCUT2D eigenvalue weighted by atomic mass is 9.76. The molecule has 6 rings (SSSR count). The summed E-state index contributed by atoms with van der Waals surface area (Å²) in [6.45, 7) is 6.48. The zero-order valence-electron chi connectivity index (χ0n) is 27.1. The molecule has 3 aliphatic heterocycles. The van der Waals surface area contributed by atoms with Crippen LogP contribution in [0.3, 0.4) is 0 Å². The number of aliphatic hydroxyl groups excluding tert-OH is 1. The molecule has 2 fully saturated rings. The molecule has 0 radical (unpaired) electrons. The van der Waals surface area contributed by atoms with E-state index in [1.165, 1.54) is 12.1 Å². The van der Waals surface area contributed by atoms with Gasteiger partial charge in [0.1, 0.15) is 23.8 Å². The molecule has 9 nitrogen and oxygen atoms in total. The lowest BCUT2D eigenvalue weighted by Gasteiger charge is -2.50. The summed E-state index contributed by atoms with van der Waals surface area (Å²) in [5.41, 5.74) is -1.55. The maximum Gasteiger partial charge on any atom is 0.410 e. The lowest BCUT2D eigenvalue weighted by molar-refractivity contribution is -0.165. The van der Waals surface area contributed by atoms with Crippen molar-refractivity contribution in [2.24, 2.45) is 0 Å². The Morgan fingerprint density at radius 3 is 2.50 bits per heavy atom. The van der Waals surface area contributed by atoms with Gasteiger partial charge in [-0.1, -0.05) is 41.9 Å². The monoisotopic (exact) mass is 687 g/mol. The third-order valence-electron chi connectivity index (χ3n) is 8.92. The van der Waals surface area contributed by atoms with E-state index in [0.29, 0.717) is 30.7 Å². The SMILES string of the molecule is CC(C)(C)OC(=O)N1CCC1[C@@]1(c2ccccc2)Cc2c(cc(F)c(Cl)c2-c2c(C(O)O)ccc(OCCOC3CCCCO3)c2F)O1. The van der Waals surface area contributed by atoms with Crippen LogP contribution in [0.5, 0.6) is 11.5 Å². The first-order valence-corrected chi connectivity index (χ1v) is 16.6. The molecule has 0 spiro atoms. The summed E-state index contributed by atoms with van der Waals surface area (Å²) in [5.74, 6) is -1.96. The molecule has 0 bridgehead atoms. The summed E-state index contributed by atoms with van der Waals surface area (Å²) in [6, 6.07) is 12.4. The molecule has 0 aromatic heterocycles. The van der Waals surface area contributed by atoms with Crippen molar-refractivity contribution in [1.29, 1.82) is 0 Å². The average Bonchev–Trinajstić information content (AvgIpc) is 3.39. The third kappa shape index (κ3) is 6.71. The van der Waals surface area contributed by atoms with Crippen LogP contribution in [0.25, 0.3) is 11.1 Å². The van der Waals surface area contributed by atoms with Crippen molar-refractivity contribution in [3.8, 4) is 22.6 Å². The molecule has 3 atom stereocenters. The first-order valence-electron chi connectivity index (χ1n) is 16.2. The number of carbonyl (C=O) groups is 1. The second-order valence-corrected chi connectivity index (χ2v) is 13.6. The van der Waals surface area contributed by atoms with E-state index in [9.17, 15) is 15.0 Å². The standard InChI is InChI=1S/C36H40ClF2NO8/c1-35(2,3)48-34(43)40-15-14-27(40)36(21-9-5-4-6-10-21)20-23-26(47-36)19-24(38)31(37)29(23)30-22(33(41)42)12-13-25(32(30)39)44-17-18-46-28-11-7-8-16-45-28/h4-6,9-10,12-13,19,27-28,33,41-42H,7-8,11,14-18,20H2,1-3H3/t27?,28?,36-/m0/s1. The minimum Gasteiger partial charge on any atom is -0.488 e. The number of aliphatic hydroxyl groups is 2. The Hall–Kier alpha value is -3.48. The van der Waals surface area contributed by atoms with Crippen LogP contribution >= 0.6 is 11.6 Å². The Kier molecular flexibility index (Phi) is 9.88. The second kappa shape index (κ2) is 13.8. The molecule has 12 heteroatoms. The molecule has 3 aliphatic rings. The van der Waals surface area contributed by atoms with Crippen molar-refractivity contribution >= 4 is 17.7 Å². The topological polar surface area (TPSA) is 107 Å². The van der Waals surface area contributed by atoms with Gasteiger partial charge in [-0.2, -0.15) is 0 Å². The van der Waals surface area contributed by atoms with Crippen LogP contribution in [0.15, 0.2) is 48.5 Å². The molecule has 3 aromatic rings. The first-order chi connectivity index (χ1) is 22.9. The van der Waals surface area contributed by atoms with E-state index in [1.807, 2.05) is 30.3 Å². The maximum absolute atomic E-state index is 16.5. The summed E-state index contributed by atoms with van der Waals surface area (Å²) in [5, 5.41) is 20.3. The van der Waals surface area contributed by atoms with Crippen molar-refractivity contribution in [2.75, 3.05) is 26.4 Å². The maximum atomic E-state index is 16.5. The van der Waals surface area contributed by atoms with Gasteiger partial charge >= 0.3 is 6.09 Å². The number of carbonyl (C=O) groups excluding carboxylic acids is 1. The van der Waals surface area contributed by atoms with E-state index in [1.54, 1.807) is 25.7 Å². The Morgan fingerprint density at radius 1 is 1.08 bits per heavy atom. The number of ether oxygens (including phenoxy) is 5. The number of hydrogen-bond donors (Lipinski definition) is 2. The van der Waals surface area contributed by atoms with Crippen LogP contribution in [0, 0.1) is 11.6 Å². The molecule has 1 amide bonds. The highest BCUT2D eigenvalue weighted by Crippen LogP contribution is 2.54. The van der Waals surface area contributed by atoms with Gasteiger partial charge in [0.05, 0.1) is 17.7 Å². The van der Waals surface area contributed by atoms with Gasteiger partial charge in [0.25, 0.3) is 0 Å². The van der Waals surface area contributed by atoms with Gasteiger partial charge in [0.15, 0.2) is 29.7 Å². The highest BCUT2D eigenvalue weighted by atomic mass is 35.5. The van der Waals surface area contributed by atoms with Crippen molar-refractivity contribution in [1.82, 2.24) is 4.90 Å². The summed E-state index contributed by atoms with van der Waals surface area (Å²) in [4.78, 5) is 14.9. The zero-order valence-corrected chi connectivity index (χ0v) is 27.9. The highest BCUT2D eigenvalue weighted by Gasteiger charge is 2.56. The van der Waals surface area contributed by atoms with E-state index >= 15 is 8.78 Å². The number of amides is 1. The normalized spacial score (nSPS) is 22.2. The van der Waals surface area contributed by atoms with E-state index in [0.717, 1.165) is 25.3 Å². The fraction of sp³-hybridized carbons (Fsp3) is 0.472. The van der Waals surface area contributed by atoms with E-state index < -0.39 is 46.3 Å². The number of hydrogen-bond acceptors (Lipinski definition) is 8. The van der Waals surface area contributed by atoms with Crippen LogP contribution in [0.1, 0.15) is 69.4 Å². The van der Waals surface area contributed by atoms with Gasteiger partial charge < -0.3 is 38.8 Å². The quantitative estimate of drug-likeness (QED) is 0.183. The number of benzene rings is 3. The summed E-state index contributed by atoms with van der Waals surface area (Å²) in [7, 11) is 0. The average molecular weight is 688 g/mol. The molecule has 3 aromatic carbocycles. The predicted molar refractivity (Wildman–Crippen MR) is 173 cm³/mol. The molecule has 0 aliphatic carbocycles. The van der Waals surface area contributed by atoms with Crippen molar-refractivity contribution < 1.29 is 47.5 Å². The van der Waals surface area contributed by atoms with Crippen LogP contribution in [-0.4, -0.2) is 65.5 Å². The number of nitrogens with zero attached hydrogens (tertiary/aromatic N) is 1. The molecular weight excluding hydrogens is 648 g/mol. The molecular formula is C36H40ClF2NO8. The van der Waals surface area contributed by atoms with Gasteiger partial charge in [-0.15, -0.1) is 0 Å².